The van der Waals surface area contributed by atoms with Crippen LogP contribution in [0.25, 0.3) is 22.1 Å². The van der Waals surface area contributed by atoms with Gasteiger partial charge in [-0.25, -0.2) is 0 Å². The zero-order valence-electron chi connectivity index (χ0n) is 14.4. The summed E-state index contributed by atoms with van der Waals surface area (Å²) in [5.74, 6) is 0.397. The second-order valence-electron chi connectivity index (χ2n) is 5.79. The Hall–Kier alpha value is -3.38. The Labute approximate surface area is 158 Å². The van der Waals surface area contributed by atoms with Crippen LogP contribution in [0.1, 0.15) is 9.67 Å². The molecule has 0 aliphatic carbocycles. The largest absolute Gasteiger partial charge is 0.497 e. The SMILES string of the molecule is COc1cccc(-c2c(NC(=O)c3cccs3)oc3ccccc3c2=O)c1. The molecule has 2 heterocycles. The number of carbonyl (C=O) groups excluding carboxylic acids is 1. The lowest BCUT2D eigenvalue weighted by Crippen LogP contribution is -2.15. The van der Waals surface area contributed by atoms with Gasteiger partial charge in [-0.15, -0.1) is 11.3 Å². The number of rotatable bonds is 4. The smallest absolute Gasteiger partial charge is 0.268 e. The highest BCUT2D eigenvalue weighted by Gasteiger charge is 2.19. The van der Waals surface area contributed by atoms with Crippen molar-refractivity contribution < 1.29 is 13.9 Å². The molecule has 0 saturated carbocycles. The maximum Gasteiger partial charge on any atom is 0.268 e. The van der Waals surface area contributed by atoms with E-state index < -0.39 is 0 Å². The van der Waals surface area contributed by atoms with Crippen LogP contribution >= 0.6 is 11.3 Å². The highest BCUT2D eigenvalue weighted by atomic mass is 32.1. The zero-order chi connectivity index (χ0) is 18.8. The van der Waals surface area contributed by atoms with E-state index in [1.807, 2.05) is 5.38 Å². The van der Waals surface area contributed by atoms with Crippen molar-refractivity contribution in [3.63, 3.8) is 0 Å². The number of hydrogen-bond donors (Lipinski definition) is 1. The molecule has 0 saturated heterocycles. The number of benzene rings is 2. The molecule has 0 bridgehead atoms. The second-order valence-corrected chi connectivity index (χ2v) is 6.74. The van der Waals surface area contributed by atoms with Crippen molar-refractivity contribution in [1.82, 2.24) is 0 Å². The van der Waals surface area contributed by atoms with Gasteiger partial charge in [0.05, 0.1) is 22.9 Å². The monoisotopic (exact) mass is 377 g/mol. The maximum atomic E-state index is 13.2. The van der Waals surface area contributed by atoms with E-state index in [4.69, 9.17) is 9.15 Å². The average Bonchev–Trinajstić information content (AvgIpc) is 3.23. The Morgan fingerprint density at radius 2 is 1.93 bits per heavy atom. The van der Waals surface area contributed by atoms with Gasteiger partial charge in [-0.05, 0) is 41.3 Å². The van der Waals surface area contributed by atoms with Crippen LogP contribution in [0, 0.1) is 0 Å². The summed E-state index contributed by atoms with van der Waals surface area (Å²) in [5, 5.41) is 5.01. The Morgan fingerprint density at radius 1 is 1.07 bits per heavy atom. The molecular formula is C21H15NO4S. The summed E-state index contributed by atoms with van der Waals surface area (Å²) >= 11 is 1.31. The highest BCUT2D eigenvalue weighted by molar-refractivity contribution is 7.12. The first-order chi connectivity index (χ1) is 13.2. The molecule has 0 aliphatic heterocycles. The van der Waals surface area contributed by atoms with Crippen LogP contribution in [0.4, 0.5) is 5.88 Å². The molecule has 0 spiro atoms. The van der Waals surface area contributed by atoms with Crippen LogP contribution in [0.5, 0.6) is 5.75 Å². The van der Waals surface area contributed by atoms with Crippen molar-refractivity contribution in [1.29, 1.82) is 0 Å². The molecule has 0 aliphatic rings. The first-order valence-corrected chi connectivity index (χ1v) is 9.10. The molecule has 1 N–H and O–H groups in total. The second kappa shape index (κ2) is 7.09. The maximum absolute atomic E-state index is 13.2. The van der Waals surface area contributed by atoms with E-state index in [9.17, 15) is 9.59 Å². The number of fused-ring (bicyclic) bond motifs is 1. The first kappa shape index (κ1) is 17.1. The lowest BCUT2D eigenvalue weighted by molar-refractivity contribution is 0.102. The number of methoxy groups -OCH3 is 1. The Balaban J connectivity index is 1.92. The van der Waals surface area contributed by atoms with Crippen molar-refractivity contribution in [2.45, 2.75) is 0 Å². The van der Waals surface area contributed by atoms with E-state index in [1.54, 1.807) is 67.8 Å². The summed E-state index contributed by atoms with van der Waals surface area (Å²) in [7, 11) is 1.56. The summed E-state index contributed by atoms with van der Waals surface area (Å²) in [6.45, 7) is 0. The van der Waals surface area contributed by atoms with Gasteiger partial charge in [0.1, 0.15) is 11.3 Å². The van der Waals surface area contributed by atoms with Crippen LogP contribution in [0.3, 0.4) is 0 Å². The molecular weight excluding hydrogens is 362 g/mol. The molecule has 0 unspecified atom stereocenters. The predicted molar refractivity (Wildman–Crippen MR) is 107 cm³/mol. The fourth-order valence-corrected chi connectivity index (χ4v) is 3.46. The van der Waals surface area contributed by atoms with Gasteiger partial charge in [0.2, 0.25) is 11.3 Å². The molecule has 0 radical (unpaired) electrons. The van der Waals surface area contributed by atoms with Gasteiger partial charge in [0, 0.05) is 0 Å². The minimum absolute atomic E-state index is 0.116. The number of thiophene rings is 1. The molecule has 1 amide bonds. The van der Waals surface area contributed by atoms with Gasteiger partial charge >= 0.3 is 0 Å². The Morgan fingerprint density at radius 3 is 2.70 bits per heavy atom. The zero-order valence-corrected chi connectivity index (χ0v) is 15.2. The quantitative estimate of drug-likeness (QED) is 0.556. The molecule has 0 atom stereocenters. The molecule has 134 valence electrons. The van der Waals surface area contributed by atoms with E-state index in [0.29, 0.717) is 27.2 Å². The molecule has 5 nitrogen and oxygen atoms in total. The Kier molecular flexibility index (Phi) is 4.48. The fraction of sp³-hybridized carbons (Fsp3) is 0.0476. The molecule has 4 aromatic rings. The van der Waals surface area contributed by atoms with E-state index >= 15 is 0 Å². The van der Waals surface area contributed by atoms with E-state index in [-0.39, 0.29) is 22.8 Å². The Bertz CT molecular complexity index is 1180. The number of carbonyl (C=O) groups is 1. The lowest BCUT2D eigenvalue weighted by Gasteiger charge is -2.11. The third-order valence-electron chi connectivity index (χ3n) is 4.13. The minimum Gasteiger partial charge on any atom is -0.497 e. The molecule has 27 heavy (non-hydrogen) atoms. The van der Waals surface area contributed by atoms with Gasteiger partial charge in [-0.2, -0.15) is 0 Å². The summed E-state index contributed by atoms with van der Waals surface area (Å²) in [4.78, 5) is 26.2. The number of para-hydroxylation sites is 1. The van der Waals surface area contributed by atoms with Crippen LogP contribution in [0.2, 0.25) is 0 Å². The topological polar surface area (TPSA) is 68.5 Å². The van der Waals surface area contributed by atoms with Crippen LogP contribution < -0.4 is 15.5 Å². The predicted octanol–water partition coefficient (Wildman–Crippen LogP) is 4.78. The van der Waals surface area contributed by atoms with Crippen molar-refractivity contribution in [3.8, 4) is 16.9 Å². The van der Waals surface area contributed by atoms with E-state index in [2.05, 4.69) is 5.32 Å². The molecule has 2 aromatic carbocycles. The van der Waals surface area contributed by atoms with Crippen molar-refractivity contribution in [2.75, 3.05) is 12.4 Å². The van der Waals surface area contributed by atoms with Gasteiger partial charge in [0.25, 0.3) is 5.91 Å². The van der Waals surface area contributed by atoms with Gasteiger partial charge in [-0.1, -0.05) is 30.3 Å². The summed E-state index contributed by atoms with van der Waals surface area (Å²) in [6.07, 6.45) is 0. The van der Waals surface area contributed by atoms with Crippen molar-refractivity contribution in [2.24, 2.45) is 0 Å². The molecule has 6 heteroatoms. The van der Waals surface area contributed by atoms with Crippen LogP contribution in [-0.4, -0.2) is 13.0 Å². The van der Waals surface area contributed by atoms with Crippen LogP contribution in [-0.2, 0) is 0 Å². The summed E-state index contributed by atoms with van der Waals surface area (Å²) in [5.41, 5.74) is 1.09. The third-order valence-corrected chi connectivity index (χ3v) is 5.00. The number of ether oxygens (including phenoxy) is 1. The highest BCUT2D eigenvalue weighted by Crippen LogP contribution is 2.31. The van der Waals surface area contributed by atoms with Gasteiger partial charge in [-0.3, -0.25) is 14.9 Å². The standard InChI is InChI=1S/C21H15NO4S/c1-25-14-7-4-6-13(12-14)18-19(23)15-8-2-3-9-16(15)26-21(18)22-20(24)17-10-5-11-27-17/h2-12H,1H3,(H,22,24). The fourth-order valence-electron chi connectivity index (χ4n) is 2.84. The van der Waals surface area contributed by atoms with E-state index in [0.717, 1.165) is 0 Å². The molecule has 4 rings (SSSR count). The number of nitrogens with one attached hydrogen (secondary N) is 1. The van der Waals surface area contributed by atoms with E-state index in [1.165, 1.54) is 11.3 Å². The van der Waals surface area contributed by atoms with Crippen molar-refractivity contribution >= 4 is 34.1 Å². The van der Waals surface area contributed by atoms with Crippen molar-refractivity contribution in [3.05, 3.63) is 81.1 Å². The molecule has 0 fully saturated rings. The average molecular weight is 377 g/mol. The van der Waals surface area contributed by atoms with Gasteiger partial charge in [0.15, 0.2) is 0 Å². The normalized spacial score (nSPS) is 10.7. The minimum atomic E-state index is -0.326. The van der Waals surface area contributed by atoms with Crippen LogP contribution in [0.15, 0.2) is 75.3 Å². The molecule has 2 aromatic heterocycles. The third kappa shape index (κ3) is 3.22. The summed E-state index contributed by atoms with van der Waals surface area (Å²) < 4.78 is 11.2. The number of hydrogen-bond acceptors (Lipinski definition) is 5. The number of anilines is 1. The number of amides is 1. The lowest BCUT2D eigenvalue weighted by atomic mass is 10.0. The summed E-state index contributed by atoms with van der Waals surface area (Å²) in [6, 6.07) is 17.6. The first-order valence-electron chi connectivity index (χ1n) is 8.22. The van der Waals surface area contributed by atoms with Gasteiger partial charge < -0.3 is 9.15 Å².